The van der Waals surface area contributed by atoms with Gasteiger partial charge in [0.1, 0.15) is 0 Å². The van der Waals surface area contributed by atoms with Crippen LogP contribution in [-0.2, 0) is 6.54 Å². The highest BCUT2D eigenvalue weighted by atomic mass is 32.2. The molecule has 6 nitrogen and oxygen atoms in total. The van der Waals surface area contributed by atoms with Crippen LogP contribution in [0, 0.1) is 0 Å². The first kappa shape index (κ1) is 19.0. The maximum atomic E-state index is 13.3. The number of ether oxygens (including phenoxy) is 1. The van der Waals surface area contributed by atoms with Crippen molar-refractivity contribution < 1.29 is 9.53 Å². The molecule has 7 heteroatoms. The van der Waals surface area contributed by atoms with Crippen LogP contribution in [0.5, 0.6) is 5.88 Å². The van der Waals surface area contributed by atoms with Gasteiger partial charge in [-0.05, 0) is 24.3 Å². The minimum Gasteiger partial charge on any atom is -0.401 e. The highest BCUT2D eigenvalue weighted by molar-refractivity contribution is 7.99. The summed E-state index contributed by atoms with van der Waals surface area (Å²) < 4.78 is 7.26. The van der Waals surface area contributed by atoms with Crippen LogP contribution in [0.15, 0.2) is 83.3 Å². The first-order valence-corrected chi connectivity index (χ1v) is 10.2. The Hall–Kier alpha value is -3.32. The SMILES string of the molecule is C=CCN(c1ccccc1)c1c(OC(=O)c2ccccc2)nc2n(c1=O)CCS2. The summed E-state index contributed by atoms with van der Waals surface area (Å²) in [4.78, 5) is 32.3. The van der Waals surface area contributed by atoms with E-state index in [1.54, 1.807) is 39.8 Å². The number of para-hydroxylation sites is 1. The van der Waals surface area contributed by atoms with Gasteiger partial charge in [0.15, 0.2) is 10.8 Å². The average molecular weight is 405 g/mol. The summed E-state index contributed by atoms with van der Waals surface area (Å²) in [7, 11) is 0. The third kappa shape index (κ3) is 3.82. The van der Waals surface area contributed by atoms with Gasteiger partial charge in [0, 0.05) is 24.5 Å². The molecule has 1 aliphatic rings. The molecule has 0 saturated carbocycles. The maximum absolute atomic E-state index is 13.3. The number of benzene rings is 2. The van der Waals surface area contributed by atoms with Gasteiger partial charge in [-0.3, -0.25) is 9.36 Å². The molecule has 2 aromatic carbocycles. The molecule has 1 aromatic heterocycles. The number of esters is 1. The van der Waals surface area contributed by atoms with Gasteiger partial charge in [0.05, 0.1) is 5.56 Å². The van der Waals surface area contributed by atoms with E-state index in [2.05, 4.69) is 11.6 Å². The fraction of sp³-hybridized carbons (Fsp3) is 0.136. The van der Waals surface area contributed by atoms with Gasteiger partial charge in [-0.15, -0.1) is 6.58 Å². The normalized spacial score (nSPS) is 12.3. The summed E-state index contributed by atoms with van der Waals surface area (Å²) in [6.45, 7) is 4.75. The molecule has 1 aliphatic heterocycles. The number of hydrogen-bond acceptors (Lipinski definition) is 6. The van der Waals surface area contributed by atoms with Crippen LogP contribution >= 0.6 is 11.8 Å². The van der Waals surface area contributed by atoms with Gasteiger partial charge < -0.3 is 9.64 Å². The molecule has 29 heavy (non-hydrogen) atoms. The first-order chi connectivity index (χ1) is 14.2. The van der Waals surface area contributed by atoms with E-state index in [1.165, 1.54) is 11.8 Å². The van der Waals surface area contributed by atoms with Crippen LogP contribution in [0.1, 0.15) is 10.4 Å². The summed E-state index contributed by atoms with van der Waals surface area (Å²) in [6.07, 6.45) is 1.70. The van der Waals surface area contributed by atoms with Crippen molar-refractivity contribution in [2.75, 3.05) is 17.2 Å². The molecule has 146 valence electrons. The lowest BCUT2D eigenvalue weighted by Crippen LogP contribution is -2.31. The fourth-order valence-electron chi connectivity index (χ4n) is 3.13. The Labute approximate surface area is 172 Å². The second kappa shape index (κ2) is 8.36. The molecular formula is C22H19N3O3S. The molecule has 0 spiro atoms. The molecule has 0 unspecified atom stereocenters. The monoisotopic (exact) mass is 405 g/mol. The predicted molar refractivity (Wildman–Crippen MR) is 114 cm³/mol. The number of aromatic nitrogens is 2. The second-order valence-electron chi connectivity index (χ2n) is 6.34. The van der Waals surface area contributed by atoms with Gasteiger partial charge in [0.25, 0.3) is 11.4 Å². The van der Waals surface area contributed by atoms with Crippen molar-refractivity contribution in [3.05, 3.63) is 89.2 Å². The predicted octanol–water partition coefficient (Wildman–Crippen LogP) is 3.89. The smallest absolute Gasteiger partial charge is 0.344 e. The van der Waals surface area contributed by atoms with Crippen LogP contribution in [0.3, 0.4) is 0 Å². The van der Waals surface area contributed by atoms with Gasteiger partial charge in [-0.1, -0.05) is 54.2 Å². The minimum atomic E-state index is -0.557. The molecule has 2 heterocycles. The van der Waals surface area contributed by atoms with Crippen LogP contribution < -0.4 is 15.2 Å². The van der Waals surface area contributed by atoms with Crippen molar-refractivity contribution in [2.45, 2.75) is 11.7 Å². The molecule has 0 N–H and O–H groups in total. The van der Waals surface area contributed by atoms with Crippen LogP contribution in [0.25, 0.3) is 0 Å². The van der Waals surface area contributed by atoms with Crippen LogP contribution in [0.4, 0.5) is 11.4 Å². The second-order valence-corrected chi connectivity index (χ2v) is 7.41. The van der Waals surface area contributed by atoms with E-state index >= 15 is 0 Å². The van der Waals surface area contributed by atoms with Gasteiger partial charge in [-0.25, -0.2) is 4.79 Å². The molecule has 0 amide bonds. The number of fused-ring (bicyclic) bond motifs is 1. The zero-order chi connectivity index (χ0) is 20.2. The standard InChI is InChI=1S/C22H19N3O3S/c1-2-13-24(17-11-7-4-8-12-17)18-19(23-22-25(20(18)26)14-15-29-22)28-21(27)16-9-5-3-6-10-16/h2-12H,1,13-15H2. The fourth-order valence-corrected chi connectivity index (χ4v) is 4.06. The van der Waals surface area contributed by atoms with Gasteiger partial charge in [-0.2, -0.15) is 4.98 Å². The molecular weight excluding hydrogens is 386 g/mol. The summed E-state index contributed by atoms with van der Waals surface area (Å²) in [6, 6.07) is 18.1. The van der Waals surface area contributed by atoms with E-state index in [9.17, 15) is 9.59 Å². The Kier molecular flexibility index (Phi) is 5.48. The Bertz CT molecular complexity index is 1100. The Balaban J connectivity index is 1.84. The number of hydrogen-bond donors (Lipinski definition) is 0. The van der Waals surface area contributed by atoms with Crippen molar-refractivity contribution in [3.63, 3.8) is 0 Å². The van der Waals surface area contributed by atoms with E-state index < -0.39 is 5.97 Å². The average Bonchev–Trinajstić information content (AvgIpc) is 3.23. The molecule has 0 saturated heterocycles. The summed E-state index contributed by atoms with van der Waals surface area (Å²) in [5, 5.41) is 0.557. The summed E-state index contributed by atoms with van der Waals surface area (Å²) in [5.41, 5.74) is 1.17. The van der Waals surface area contributed by atoms with Crippen LogP contribution in [0.2, 0.25) is 0 Å². The number of nitrogens with zero attached hydrogens (tertiary/aromatic N) is 3. The Morgan fingerprint density at radius 2 is 1.86 bits per heavy atom. The number of anilines is 2. The highest BCUT2D eigenvalue weighted by Crippen LogP contribution is 2.33. The number of rotatable bonds is 6. The van der Waals surface area contributed by atoms with Gasteiger partial charge in [0.2, 0.25) is 0 Å². The van der Waals surface area contributed by atoms with E-state index in [0.717, 1.165) is 11.4 Å². The molecule has 3 aromatic rings. The van der Waals surface area contributed by atoms with E-state index in [0.29, 0.717) is 23.8 Å². The topological polar surface area (TPSA) is 64.4 Å². The third-order valence-electron chi connectivity index (χ3n) is 4.47. The maximum Gasteiger partial charge on any atom is 0.344 e. The number of carbonyl (C=O) groups is 1. The lowest BCUT2D eigenvalue weighted by Gasteiger charge is -2.24. The first-order valence-electron chi connectivity index (χ1n) is 9.17. The Morgan fingerprint density at radius 1 is 1.17 bits per heavy atom. The number of carbonyl (C=O) groups excluding carboxylic acids is 1. The largest absolute Gasteiger partial charge is 0.401 e. The van der Waals surface area contributed by atoms with Crippen LogP contribution in [-0.4, -0.2) is 27.8 Å². The van der Waals surface area contributed by atoms with Crippen molar-refractivity contribution in [3.8, 4) is 5.88 Å². The molecule has 4 rings (SSSR count). The molecule has 0 aliphatic carbocycles. The third-order valence-corrected chi connectivity index (χ3v) is 5.43. The zero-order valence-corrected chi connectivity index (χ0v) is 16.5. The van der Waals surface area contributed by atoms with Crippen molar-refractivity contribution >= 4 is 29.1 Å². The van der Waals surface area contributed by atoms with Crippen molar-refractivity contribution in [1.29, 1.82) is 0 Å². The van der Waals surface area contributed by atoms with E-state index in [4.69, 9.17) is 4.74 Å². The van der Waals surface area contributed by atoms with E-state index in [-0.39, 0.29) is 17.1 Å². The van der Waals surface area contributed by atoms with Crippen molar-refractivity contribution in [1.82, 2.24) is 9.55 Å². The zero-order valence-electron chi connectivity index (χ0n) is 15.7. The molecule has 0 bridgehead atoms. The molecule has 0 atom stereocenters. The number of thioether (sulfide) groups is 1. The van der Waals surface area contributed by atoms with Crippen molar-refractivity contribution in [2.24, 2.45) is 0 Å². The highest BCUT2D eigenvalue weighted by Gasteiger charge is 2.27. The minimum absolute atomic E-state index is 0.00945. The quantitative estimate of drug-likeness (QED) is 0.352. The lowest BCUT2D eigenvalue weighted by atomic mass is 10.2. The van der Waals surface area contributed by atoms with Gasteiger partial charge >= 0.3 is 5.97 Å². The molecule has 0 fully saturated rings. The summed E-state index contributed by atoms with van der Waals surface area (Å²) >= 11 is 1.47. The lowest BCUT2D eigenvalue weighted by molar-refractivity contribution is 0.0726. The summed E-state index contributed by atoms with van der Waals surface area (Å²) in [5.74, 6) is 0.207. The Morgan fingerprint density at radius 3 is 2.55 bits per heavy atom. The molecule has 0 radical (unpaired) electrons. The van der Waals surface area contributed by atoms with E-state index in [1.807, 2.05) is 36.4 Å².